The zero-order valence-corrected chi connectivity index (χ0v) is 15.0. The van der Waals surface area contributed by atoms with E-state index < -0.39 is 15.9 Å². The molecule has 3 rings (SSSR count). The van der Waals surface area contributed by atoms with Gasteiger partial charge in [0.1, 0.15) is 10.8 Å². The topological polar surface area (TPSA) is 88.2 Å². The number of hydrogen-bond acceptors (Lipinski definition) is 5. The van der Waals surface area contributed by atoms with Crippen LogP contribution in [0.4, 0.5) is 4.39 Å². The van der Waals surface area contributed by atoms with Crippen LogP contribution < -0.4 is 10.3 Å². The second-order valence-corrected chi connectivity index (χ2v) is 7.83. The number of hydrogen-bond donors (Lipinski definition) is 2. The van der Waals surface area contributed by atoms with Crippen molar-refractivity contribution in [2.45, 2.75) is 11.3 Å². The number of sulfonamides is 1. The van der Waals surface area contributed by atoms with Crippen LogP contribution in [-0.2, 0) is 21.2 Å². The third-order valence-corrected chi connectivity index (χ3v) is 5.57. The molecule has 0 saturated heterocycles. The number of halogens is 1. The van der Waals surface area contributed by atoms with E-state index in [-0.39, 0.29) is 17.1 Å². The molecule has 134 valence electrons. The number of aromatic nitrogens is 1. The standard InChI is InChI=1S/C17H14FN3O3S2/c18-13-8-6-12(7-9-13)17-19-14(11-25-17)10-16(22)20-21-26(23,24)15-4-2-1-3-5-15/h1-9,11,21H,10H2,(H,20,22). The molecule has 2 aromatic carbocycles. The summed E-state index contributed by atoms with van der Waals surface area (Å²) in [6, 6.07) is 13.6. The molecule has 0 spiro atoms. The largest absolute Gasteiger partial charge is 0.277 e. The van der Waals surface area contributed by atoms with Crippen molar-refractivity contribution >= 4 is 27.3 Å². The lowest BCUT2D eigenvalue weighted by atomic mass is 10.2. The lowest BCUT2D eigenvalue weighted by Gasteiger charge is -2.07. The molecule has 1 amide bonds. The Labute approximate surface area is 153 Å². The van der Waals surface area contributed by atoms with E-state index in [0.717, 1.165) is 5.56 Å². The van der Waals surface area contributed by atoms with Crippen LogP contribution in [-0.4, -0.2) is 19.3 Å². The fraction of sp³-hybridized carbons (Fsp3) is 0.0588. The molecule has 3 aromatic rings. The summed E-state index contributed by atoms with van der Waals surface area (Å²) in [4.78, 5) is 18.4. The predicted octanol–water partition coefficient (Wildman–Crippen LogP) is 2.50. The van der Waals surface area contributed by atoms with Gasteiger partial charge >= 0.3 is 0 Å². The van der Waals surface area contributed by atoms with Crippen molar-refractivity contribution in [1.82, 2.24) is 15.2 Å². The van der Waals surface area contributed by atoms with Gasteiger partial charge in [0.05, 0.1) is 17.0 Å². The summed E-state index contributed by atoms with van der Waals surface area (Å²) in [6.45, 7) is 0. The van der Waals surface area contributed by atoms with Crippen molar-refractivity contribution in [3.63, 3.8) is 0 Å². The lowest BCUT2D eigenvalue weighted by Crippen LogP contribution is -2.42. The molecule has 1 aromatic heterocycles. The van der Waals surface area contributed by atoms with Crippen LogP contribution >= 0.6 is 11.3 Å². The molecule has 0 saturated carbocycles. The lowest BCUT2D eigenvalue weighted by molar-refractivity contribution is -0.120. The Morgan fingerprint density at radius 3 is 2.46 bits per heavy atom. The molecule has 0 radical (unpaired) electrons. The van der Waals surface area contributed by atoms with Crippen molar-refractivity contribution in [3.05, 3.63) is 71.5 Å². The summed E-state index contributed by atoms with van der Waals surface area (Å²) in [5.41, 5.74) is 3.40. The van der Waals surface area contributed by atoms with Crippen molar-refractivity contribution in [1.29, 1.82) is 0 Å². The van der Waals surface area contributed by atoms with Crippen molar-refractivity contribution in [2.24, 2.45) is 0 Å². The van der Waals surface area contributed by atoms with Gasteiger partial charge in [0, 0.05) is 10.9 Å². The zero-order valence-electron chi connectivity index (χ0n) is 13.3. The first kappa shape index (κ1) is 18.2. The Balaban J connectivity index is 1.60. The monoisotopic (exact) mass is 391 g/mol. The normalized spacial score (nSPS) is 11.3. The summed E-state index contributed by atoms with van der Waals surface area (Å²) in [6.07, 6.45) is -0.0883. The first-order chi connectivity index (χ1) is 12.4. The average Bonchev–Trinajstić information content (AvgIpc) is 3.10. The zero-order chi connectivity index (χ0) is 18.6. The number of nitrogens with one attached hydrogen (secondary N) is 2. The van der Waals surface area contributed by atoms with Crippen LogP contribution in [0.2, 0.25) is 0 Å². The van der Waals surface area contributed by atoms with Crippen LogP contribution in [0.15, 0.2) is 64.9 Å². The summed E-state index contributed by atoms with van der Waals surface area (Å²) < 4.78 is 37.0. The van der Waals surface area contributed by atoms with Gasteiger partial charge in [-0.3, -0.25) is 10.2 Å². The van der Waals surface area contributed by atoms with Crippen molar-refractivity contribution in [2.75, 3.05) is 0 Å². The number of nitrogens with zero attached hydrogens (tertiary/aromatic N) is 1. The SMILES string of the molecule is O=C(Cc1csc(-c2ccc(F)cc2)n1)NNS(=O)(=O)c1ccccc1. The van der Waals surface area contributed by atoms with Gasteiger partial charge in [-0.2, -0.15) is 0 Å². The Morgan fingerprint density at radius 2 is 1.77 bits per heavy atom. The highest BCUT2D eigenvalue weighted by Crippen LogP contribution is 2.24. The molecule has 26 heavy (non-hydrogen) atoms. The Hall–Kier alpha value is -2.62. The maximum absolute atomic E-state index is 13.0. The van der Waals surface area contributed by atoms with E-state index in [1.807, 2.05) is 4.83 Å². The maximum Gasteiger partial charge on any atom is 0.257 e. The molecule has 0 atom stereocenters. The maximum atomic E-state index is 13.0. The molecule has 1 heterocycles. The molecule has 0 aliphatic rings. The van der Waals surface area contributed by atoms with Crippen LogP contribution in [0.1, 0.15) is 5.69 Å². The second-order valence-electron chi connectivity index (χ2n) is 5.29. The highest BCUT2D eigenvalue weighted by Gasteiger charge is 2.15. The number of amides is 1. The summed E-state index contributed by atoms with van der Waals surface area (Å²) in [5, 5.41) is 2.35. The van der Waals surface area contributed by atoms with E-state index in [0.29, 0.717) is 10.7 Å². The van der Waals surface area contributed by atoms with Gasteiger partial charge in [-0.1, -0.05) is 18.2 Å². The van der Waals surface area contributed by atoms with Gasteiger partial charge < -0.3 is 0 Å². The second kappa shape index (κ2) is 7.73. The molecule has 9 heteroatoms. The number of rotatable bonds is 6. The van der Waals surface area contributed by atoms with Gasteiger partial charge in [0.2, 0.25) is 5.91 Å². The highest BCUT2D eigenvalue weighted by molar-refractivity contribution is 7.89. The minimum absolute atomic E-state index is 0.0487. The third-order valence-electron chi connectivity index (χ3n) is 3.36. The molecule has 0 bridgehead atoms. The van der Waals surface area contributed by atoms with Crippen LogP contribution in [0.25, 0.3) is 10.6 Å². The number of benzene rings is 2. The summed E-state index contributed by atoms with van der Waals surface area (Å²) >= 11 is 1.32. The van der Waals surface area contributed by atoms with Crippen LogP contribution in [0.3, 0.4) is 0 Å². The van der Waals surface area contributed by atoms with E-state index in [9.17, 15) is 17.6 Å². The molecular formula is C17H14FN3O3S2. The molecular weight excluding hydrogens is 377 g/mol. The number of hydrazine groups is 1. The first-order valence-electron chi connectivity index (χ1n) is 7.50. The van der Waals surface area contributed by atoms with Gasteiger partial charge in [-0.15, -0.1) is 16.2 Å². The number of carbonyl (C=O) groups is 1. The van der Waals surface area contributed by atoms with Crippen molar-refractivity contribution in [3.8, 4) is 10.6 Å². The third kappa shape index (κ3) is 4.51. The predicted molar refractivity (Wildman–Crippen MR) is 96.1 cm³/mol. The summed E-state index contributed by atoms with van der Waals surface area (Å²) in [5.74, 6) is -0.879. The van der Waals surface area contributed by atoms with Crippen LogP contribution in [0.5, 0.6) is 0 Å². The van der Waals surface area contributed by atoms with E-state index in [1.54, 1.807) is 35.7 Å². The Kier molecular flexibility index (Phi) is 5.40. The fourth-order valence-corrected chi connectivity index (χ4v) is 3.81. The van der Waals surface area contributed by atoms with E-state index in [4.69, 9.17) is 0 Å². The minimum Gasteiger partial charge on any atom is -0.277 e. The Morgan fingerprint density at radius 1 is 1.08 bits per heavy atom. The Bertz CT molecular complexity index is 1000. The molecule has 0 aliphatic heterocycles. The number of thiazole rings is 1. The summed E-state index contributed by atoms with van der Waals surface area (Å²) in [7, 11) is -3.82. The molecule has 0 aliphatic carbocycles. The minimum atomic E-state index is -3.82. The molecule has 6 nitrogen and oxygen atoms in total. The van der Waals surface area contributed by atoms with Gasteiger partial charge in [-0.25, -0.2) is 17.8 Å². The van der Waals surface area contributed by atoms with Crippen LogP contribution in [0, 0.1) is 5.82 Å². The fourth-order valence-electron chi connectivity index (χ4n) is 2.10. The van der Waals surface area contributed by atoms with Gasteiger partial charge in [-0.05, 0) is 36.4 Å². The quantitative estimate of drug-likeness (QED) is 0.632. The molecule has 0 unspecified atom stereocenters. The van der Waals surface area contributed by atoms with Gasteiger partial charge in [0.25, 0.3) is 10.0 Å². The molecule has 2 N–H and O–H groups in total. The van der Waals surface area contributed by atoms with Gasteiger partial charge in [0.15, 0.2) is 0 Å². The first-order valence-corrected chi connectivity index (χ1v) is 9.86. The number of carbonyl (C=O) groups excluding carboxylic acids is 1. The highest BCUT2D eigenvalue weighted by atomic mass is 32.2. The van der Waals surface area contributed by atoms with E-state index >= 15 is 0 Å². The molecule has 0 fully saturated rings. The average molecular weight is 391 g/mol. The van der Waals surface area contributed by atoms with E-state index in [1.165, 1.54) is 35.6 Å². The smallest absolute Gasteiger partial charge is 0.257 e. The van der Waals surface area contributed by atoms with Crippen molar-refractivity contribution < 1.29 is 17.6 Å². The van der Waals surface area contributed by atoms with E-state index in [2.05, 4.69) is 10.4 Å².